The predicted octanol–water partition coefficient (Wildman–Crippen LogP) is 10.1. The second-order valence-corrected chi connectivity index (χ2v) is 12.9. The van der Waals surface area contributed by atoms with Crippen LogP contribution in [0.2, 0.25) is 0 Å². The molecule has 5 heteroatoms. The molecule has 3 nitrogen and oxygen atoms in total. The Bertz CT molecular complexity index is 1680. The van der Waals surface area contributed by atoms with Gasteiger partial charge in [-0.3, -0.25) is 4.98 Å². The molecule has 0 spiro atoms. The fraction of sp³-hybridized carbons (Fsp3) is 0.275. The summed E-state index contributed by atoms with van der Waals surface area (Å²) >= 11 is 0. The van der Waals surface area contributed by atoms with Gasteiger partial charge in [0.2, 0.25) is 0 Å². The zero-order valence-corrected chi connectivity index (χ0v) is 27.3. The number of hydrogen-bond donors (Lipinski definition) is 1. The number of halogens is 2. The molecule has 0 radical (unpaired) electrons. The van der Waals surface area contributed by atoms with Crippen molar-refractivity contribution >= 4 is 5.57 Å². The maximum atomic E-state index is 13.8. The van der Waals surface area contributed by atoms with Gasteiger partial charge in [-0.2, -0.15) is 0 Å². The molecule has 2 heterocycles. The van der Waals surface area contributed by atoms with Crippen LogP contribution in [0.4, 0.5) is 8.78 Å². The number of allylic oxidation sites excluding steroid dienone is 4. The lowest BCUT2D eigenvalue weighted by molar-refractivity contribution is 0.405. The molecule has 45 heavy (non-hydrogen) atoms. The summed E-state index contributed by atoms with van der Waals surface area (Å²) in [5.41, 5.74) is 11.3. The van der Waals surface area contributed by atoms with E-state index in [-0.39, 0.29) is 5.41 Å². The summed E-state index contributed by atoms with van der Waals surface area (Å²) in [5.74, 6) is -1.72. The smallest absolute Gasteiger partial charge is 0.159 e. The lowest BCUT2D eigenvalue weighted by Gasteiger charge is -2.28. The third kappa shape index (κ3) is 9.01. The SMILES string of the molecule is C=C(CCc1cc(CNC(=C)C2=CC=CN(Cc3ccc(F)c(F)c3)C2=C)cc(/C(=C/C)c2cccnc2C)c1)CC(C)(C)C. The van der Waals surface area contributed by atoms with Gasteiger partial charge in [0.05, 0.1) is 0 Å². The lowest BCUT2D eigenvalue weighted by Crippen LogP contribution is -2.23. The predicted molar refractivity (Wildman–Crippen MR) is 184 cm³/mol. The quantitative estimate of drug-likeness (QED) is 0.208. The van der Waals surface area contributed by atoms with Gasteiger partial charge in [0.1, 0.15) is 0 Å². The first-order valence-electron chi connectivity index (χ1n) is 15.4. The second-order valence-electron chi connectivity index (χ2n) is 12.9. The van der Waals surface area contributed by atoms with Gasteiger partial charge >= 0.3 is 0 Å². The van der Waals surface area contributed by atoms with Gasteiger partial charge in [-0.1, -0.05) is 76.4 Å². The summed E-state index contributed by atoms with van der Waals surface area (Å²) in [7, 11) is 0. The van der Waals surface area contributed by atoms with Crippen molar-refractivity contribution in [3.63, 3.8) is 0 Å². The van der Waals surface area contributed by atoms with Gasteiger partial charge in [-0.15, -0.1) is 0 Å². The summed E-state index contributed by atoms with van der Waals surface area (Å²) in [6.45, 7) is 24.8. The minimum atomic E-state index is -0.860. The molecule has 1 aliphatic rings. The monoisotopic (exact) mass is 605 g/mol. The fourth-order valence-corrected chi connectivity index (χ4v) is 5.72. The van der Waals surface area contributed by atoms with E-state index in [0.29, 0.717) is 18.7 Å². The van der Waals surface area contributed by atoms with Crippen molar-refractivity contribution in [3.05, 3.63) is 167 Å². The second kappa shape index (κ2) is 14.5. The van der Waals surface area contributed by atoms with Crippen LogP contribution in [-0.2, 0) is 19.5 Å². The van der Waals surface area contributed by atoms with Crippen LogP contribution < -0.4 is 5.32 Å². The first-order chi connectivity index (χ1) is 21.3. The Morgan fingerprint density at radius 1 is 1.00 bits per heavy atom. The average molecular weight is 606 g/mol. The number of nitrogens with zero attached hydrogens (tertiary/aromatic N) is 2. The van der Waals surface area contributed by atoms with Crippen LogP contribution >= 0.6 is 0 Å². The molecule has 1 N–H and O–H groups in total. The zero-order valence-electron chi connectivity index (χ0n) is 27.3. The molecule has 0 fully saturated rings. The van der Waals surface area contributed by atoms with E-state index < -0.39 is 11.6 Å². The van der Waals surface area contributed by atoms with Crippen LogP contribution in [0.25, 0.3) is 5.57 Å². The zero-order chi connectivity index (χ0) is 32.7. The maximum Gasteiger partial charge on any atom is 0.159 e. The minimum Gasteiger partial charge on any atom is -0.381 e. The molecule has 0 saturated carbocycles. The van der Waals surface area contributed by atoms with Crippen LogP contribution in [0.3, 0.4) is 0 Å². The van der Waals surface area contributed by atoms with Crippen molar-refractivity contribution in [3.8, 4) is 0 Å². The molecular formula is C40H45F2N3. The van der Waals surface area contributed by atoms with E-state index in [0.717, 1.165) is 70.3 Å². The van der Waals surface area contributed by atoms with Crippen molar-refractivity contribution in [2.24, 2.45) is 5.41 Å². The Balaban J connectivity index is 1.53. The van der Waals surface area contributed by atoms with Crippen LogP contribution in [0.5, 0.6) is 0 Å². The number of pyridine rings is 1. The first kappa shape index (κ1) is 33.4. The van der Waals surface area contributed by atoms with Gasteiger partial charge < -0.3 is 10.2 Å². The van der Waals surface area contributed by atoms with E-state index >= 15 is 0 Å². The maximum absolute atomic E-state index is 13.8. The van der Waals surface area contributed by atoms with Crippen LogP contribution in [0, 0.1) is 24.0 Å². The molecule has 234 valence electrons. The molecule has 3 aromatic rings. The Morgan fingerprint density at radius 3 is 2.44 bits per heavy atom. The van der Waals surface area contributed by atoms with Crippen LogP contribution in [0.1, 0.15) is 74.0 Å². The molecule has 0 saturated heterocycles. The Morgan fingerprint density at radius 2 is 1.76 bits per heavy atom. The summed E-state index contributed by atoms with van der Waals surface area (Å²) in [6, 6.07) is 14.8. The molecule has 1 aromatic heterocycles. The molecule has 4 rings (SSSR count). The molecule has 0 amide bonds. The summed E-state index contributed by atoms with van der Waals surface area (Å²) in [4.78, 5) is 6.44. The highest BCUT2D eigenvalue weighted by Crippen LogP contribution is 2.30. The van der Waals surface area contributed by atoms with E-state index in [2.05, 4.69) is 88.1 Å². The van der Waals surface area contributed by atoms with Crippen molar-refractivity contribution < 1.29 is 8.78 Å². The van der Waals surface area contributed by atoms with E-state index in [9.17, 15) is 8.78 Å². The summed E-state index contributed by atoms with van der Waals surface area (Å²) < 4.78 is 27.3. The van der Waals surface area contributed by atoms with Gasteiger partial charge in [0.25, 0.3) is 0 Å². The highest BCUT2D eigenvalue weighted by Gasteiger charge is 2.18. The summed E-state index contributed by atoms with van der Waals surface area (Å²) in [6.07, 6.45) is 12.6. The molecular weight excluding hydrogens is 560 g/mol. The number of rotatable bonds is 12. The molecule has 2 aromatic carbocycles. The fourth-order valence-electron chi connectivity index (χ4n) is 5.72. The summed E-state index contributed by atoms with van der Waals surface area (Å²) in [5, 5.41) is 3.52. The number of aromatic nitrogens is 1. The minimum absolute atomic E-state index is 0.210. The van der Waals surface area contributed by atoms with E-state index in [1.54, 1.807) is 6.07 Å². The van der Waals surface area contributed by atoms with Crippen molar-refractivity contribution in [1.82, 2.24) is 15.2 Å². The lowest BCUT2D eigenvalue weighted by atomic mass is 9.86. The largest absolute Gasteiger partial charge is 0.381 e. The average Bonchev–Trinajstić information content (AvgIpc) is 2.98. The number of aryl methyl sites for hydroxylation is 2. The Labute approximate surface area is 268 Å². The normalized spacial score (nSPS) is 13.6. The number of benzene rings is 2. The topological polar surface area (TPSA) is 28.2 Å². The Hall–Kier alpha value is -4.51. The van der Waals surface area contributed by atoms with Crippen molar-refractivity contribution in [2.45, 2.75) is 67.0 Å². The molecule has 0 atom stereocenters. The van der Waals surface area contributed by atoms with Crippen molar-refractivity contribution in [2.75, 3.05) is 0 Å². The van der Waals surface area contributed by atoms with E-state index in [1.807, 2.05) is 42.4 Å². The van der Waals surface area contributed by atoms with Gasteiger partial charge in [-0.05, 0) is 103 Å². The highest BCUT2D eigenvalue weighted by atomic mass is 19.2. The molecule has 0 aliphatic carbocycles. The molecule has 0 unspecified atom stereocenters. The standard InChI is InChI=1S/C40H45F2N3/c1-9-35(37-12-10-18-43-29(37)4)34-21-31(15-14-27(2)24-40(6,7)8)20-33(22-34)25-44-28(3)36-13-11-19-45(30(36)5)26-32-16-17-38(41)39(42)23-32/h9-13,16-23,44H,2-3,5,14-15,24-26H2,1,4,6-8H3/b35-9-. The molecule has 0 bridgehead atoms. The highest BCUT2D eigenvalue weighted by molar-refractivity contribution is 5.81. The van der Waals surface area contributed by atoms with Crippen LogP contribution in [0.15, 0.2) is 121 Å². The Kier molecular flexibility index (Phi) is 10.8. The third-order valence-corrected chi connectivity index (χ3v) is 7.85. The third-order valence-electron chi connectivity index (χ3n) is 7.85. The first-order valence-corrected chi connectivity index (χ1v) is 15.4. The van der Waals surface area contributed by atoms with E-state index in [4.69, 9.17) is 0 Å². The number of nitrogens with one attached hydrogen (secondary N) is 1. The van der Waals surface area contributed by atoms with E-state index in [1.165, 1.54) is 17.2 Å². The van der Waals surface area contributed by atoms with Gasteiger partial charge in [0.15, 0.2) is 11.6 Å². The van der Waals surface area contributed by atoms with Crippen molar-refractivity contribution in [1.29, 1.82) is 0 Å². The van der Waals surface area contributed by atoms with Crippen LogP contribution in [-0.4, -0.2) is 9.88 Å². The molecule has 1 aliphatic heterocycles. The van der Waals surface area contributed by atoms with Gasteiger partial charge in [-0.25, -0.2) is 8.78 Å². The number of hydrogen-bond acceptors (Lipinski definition) is 3. The van der Waals surface area contributed by atoms with Gasteiger partial charge in [0, 0.05) is 53.7 Å².